The third-order valence-corrected chi connectivity index (χ3v) is 1.84. The second-order valence-corrected chi connectivity index (χ2v) is 3.04. The summed E-state index contributed by atoms with van der Waals surface area (Å²) >= 11 is 4.95. The molecule has 6 nitrogen and oxygen atoms in total. The fraction of sp³-hybridized carbons (Fsp3) is 0.333. The van der Waals surface area contributed by atoms with Gasteiger partial charge in [-0.3, -0.25) is 19.6 Å². The zero-order chi connectivity index (χ0) is 12.7. The molecule has 0 spiro atoms. The van der Waals surface area contributed by atoms with Gasteiger partial charge in [-0.1, -0.05) is 0 Å². The van der Waals surface area contributed by atoms with Gasteiger partial charge in [-0.05, 0) is 11.6 Å². The third-order valence-electron chi connectivity index (χ3n) is 1.66. The topological polar surface area (TPSA) is 78.0 Å². The first-order valence-electron chi connectivity index (χ1n) is 3.64. The summed E-state index contributed by atoms with van der Waals surface area (Å²) in [6, 6.07) is 0. The van der Waals surface area contributed by atoms with E-state index < -0.39 is 33.4 Å². The smallest absolute Gasteiger partial charge is 0.274 e. The van der Waals surface area contributed by atoms with Crippen LogP contribution in [0.15, 0.2) is 0 Å². The van der Waals surface area contributed by atoms with Crippen LogP contribution in [0.3, 0.4) is 0 Å². The summed E-state index contributed by atoms with van der Waals surface area (Å²) in [5.74, 6) is 0. The van der Waals surface area contributed by atoms with Gasteiger partial charge >= 0.3 is 11.9 Å². The van der Waals surface area contributed by atoms with E-state index in [-0.39, 0.29) is 0 Å². The maximum Gasteiger partial charge on any atom is 0.442 e. The standard InChI is InChI=1S/C6H3ClF3N3O3/c1-12-3(5(7)14)2(13(15)16)4(11-12)6(8,9)10/h1H3. The van der Waals surface area contributed by atoms with Crippen LogP contribution in [0.5, 0.6) is 0 Å². The number of alkyl halides is 3. The number of aryl methyl sites for hydroxylation is 1. The first-order chi connectivity index (χ1) is 7.16. The molecule has 0 bridgehead atoms. The number of nitro groups is 1. The average Bonchev–Trinajstić information content (AvgIpc) is 2.41. The maximum absolute atomic E-state index is 12.3. The molecule has 0 aliphatic rings. The fourth-order valence-electron chi connectivity index (χ4n) is 1.10. The molecule has 10 heteroatoms. The van der Waals surface area contributed by atoms with Crippen LogP contribution >= 0.6 is 11.6 Å². The van der Waals surface area contributed by atoms with E-state index in [2.05, 4.69) is 5.10 Å². The van der Waals surface area contributed by atoms with Crippen molar-refractivity contribution in [1.29, 1.82) is 0 Å². The second-order valence-electron chi connectivity index (χ2n) is 2.70. The van der Waals surface area contributed by atoms with Crippen LogP contribution in [-0.4, -0.2) is 19.9 Å². The Morgan fingerprint density at radius 2 is 2.06 bits per heavy atom. The summed E-state index contributed by atoms with van der Waals surface area (Å²) in [6.07, 6.45) is -5.02. The molecule has 1 rings (SSSR count). The molecule has 0 aromatic carbocycles. The molecule has 1 heterocycles. The minimum absolute atomic E-state index is 0.427. The summed E-state index contributed by atoms with van der Waals surface area (Å²) < 4.78 is 37.4. The van der Waals surface area contributed by atoms with E-state index in [4.69, 9.17) is 11.6 Å². The van der Waals surface area contributed by atoms with Crippen LogP contribution in [0.25, 0.3) is 0 Å². The summed E-state index contributed by atoms with van der Waals surface area (Å²) in [5.41, 5.74) is -4.09. The molecule has 88 valence electrons. The fourth-order valence-corrected chi connectivity index (χ4v) is 1.31. The monoisotopic (exact) mass is 257 g/mol. The highest BCUT2D eigenvalue weighted by molar-refractivity contribution is 6.68. The Hall–Kier alpha value is -1.64. The average molecular weight is 258 g/mol. The highest BCUT2D eigenvalue weighted by Crippen LogP contribution is 2.37. The molecule has 1 aromatic heterocycles. The number of rotatable bonds is 2. The van der Waals surface area contributed by atoms with Crippen LogP contribution in [0.2, 0.25) is 0 Å². The van der Waals surface area contributed by atoms with E-state index in [1.165, 1.54) is 0 Å². The summed E-state index contributed by atoms with van der Waals surface area (Å²) in [6.45, 7) is 0. The van der Waals surface area contributed by atoms with Crippen molar-refractivity contribution >= 4 is 22.5 Å². The van der Waals surface area contributed by atoms with Gasteiger partial charge in [0.25, 0.3) is 5.24 Å². The number of nitrogens with zero attached hydrogens (tertiary/aromatic N) is 3. The molecule has 0 radical (unpaired) electrons. The van der Waals surface area contributed by atoms with Gasteiger partial charge in [0.05, 0.1) is 4.92 Å². The Kier molecular flexibility index (Phi) is 2.91. The summed E-state index contributed by atoms with van der Waals surface area (Å²) in [5, 5.41) is 11.9. The quantitative estimate of drug-likeness (QED) is 0.459. The summed E-state index contributed by atoms with van der Waals surface area (Å²) in [7, 11) is 0.956. The Morgan fingerprint density at radius 1 is 1.56 bits per heavy atom. The van der Waals surface area contributed by atoms with E-state index >= 15 is 0 Å². The van der Waals surface area contributed by atoms with Crippen LogP contribution in [0.4, 0.5) is 18.9 Å². The van der Waals surface area contributed by atoms with Gasteiger partial charge in [-0.2, -0.15) is 18.3 Å². The molecule has 1 aromatic rings. The van der Waals surface area contributed by atoms with Crippen LogP contribution < -0.4 is 0 Å². The lowest BCUT2D eigenvalue weighted by molar-refractivity contribution is -0.388. The zero-order valence-electron chi connectivity index (χ0n) is 7.58. The first-order valence-corrected chi connectivity index (χ1v) is 4.02. The molecule has 0 aliphatic heterocycles. The van der Waals surface area contributed by atoms with Gasteiger partial charge in [0, 0.05) is 7.05 Å². The van der Waals surface area contributed by atoms with Gasteiger partial charge in [-0.25, -0.2) is 0 Å². The minimum atomic E-state index is -5.02. The molecule has 0 aliphatic carbocycles. The van der Waals surface area contributed by atoms with Crippen LogP contribution in [0, 0.1) is 10.1 Å². The molecule has 0 amide bonds. The van der Waals surface area contributed by atoms with Crippen molar-refractivity contribution in [1.82, 2.24) is 9.78 Å². The Labute approximate surface area is 90.7 Å². The van der Waals surface area contributed by atoms with Crippen molar-refractivity contribution in [2.24, 2.45) is 7.05 Å². The molecule has 0 unspecified atom stereocenters. The first kappa shape index (κ1) is 12.4. The third kappa shape index (κ3) is 1.98. The van der Waals surface area contributed by atoms with E-state index in [0.717, 1.165) is 7.05 Å². The summed E-state index contributed by atoms with van der Waals surface area (Å²) in [4.78, 5) is 19.9. The van der Waals surface area contributed by atoms with E-state index in [0.29, 0.717) is 4.68 Å². The largest absolute Gasteiger partial charge is 0.442 e. The van der Waals surface area contributed by atoms with Crippen molar-refractivity contribution in [2.45, 2.75) is 6.18 Å². The Morgan fingerprint density at radius 3 is 2.38 bits per heavy atom. The van der Waals surface area contributed by atoms with E-state index in [9.17, 15) is 28.1 Å². The number of aromatic nitrogens is 2. The predicted molar refractivity (Wildman–Crippen MR) is 45.0 cm³/mol. The van der Waals surface area contributed by atoms with Crippen molar-refractivity contribution in [3.05, 3.63) is 21.5 Å². The SMILES string of the molecule is Cn1nc(C(F)(F)F)c([N+](=O)[O-])c1C(=O)Cl. The lowest BCUT2D eigenvalue weighted by Crippen LogP contribution is -2.09. The zero-order valence-corrected chi connectivity index (χ0v) is 8.33. The molecule has 0 saturated heterocycles. The normalized spacial score (nSPS) is 11.6. The number of carbonyl (C=O) groups excluding carboxylic acids is 1. The van der Waals surface area contributed by atoms with Crippen molar-refractivity contribution < 1.29 is 22.9 Å². The van der Waals surface area contributed by atoms with Crippen LogP contribution in [-0.2, 0) is 13.2 Å². The number of halogens is 4. The van der Waals surface area contributed by atoms with Crippen molar-refractivity contribution in [3.63, 3.8) is 0 Å². The number of carbonyl (C=O) groups is 1. The van der Waals surface area contributed by atoms with Crippen molar-refractivity contribution in [3.8, 4) is 0 Å². The van der Waals surface area contributed by atoms with Gasteiger partial charge in [-0.15, -0.1) is 0 Å². The van der Waals surface area contributed by atoms with Gasteiger partial charge < -0.3 is 0 Å². The van der Waals surface area contributed by atoms with Gasteiger partial charge in [0.1, 0.15) is 0 Å². The van der Waals surface area contributed by atoms with E-state index in [1.807, 2.05) is 0 Å². The predicted octanol–water partition coefficient (Wildman–Crippen LogP) is 1.73. The number of hydrogen-bond donors (Lipinski definition) is 0. The molecule has 16 heavy (non-hydrogen) atoms. The lowest BCUT2D eigenvalue weighted by Gasteiger charge is -2.00. The molecular formula is C6H3ClF3N3O3. The molecule has 0 saturated carbocycles. The molecule has 0 N–H and O–H groups in total. The Bertz CT molecular complexity index is 468. The highest BCUT2D eigenvalue weighted by Gasteiger charge is 2.45. The van der Waals surface area contributed by atoms with Crippen LogP contribution in [0.1, 0.15) is 16.2 Å². The van der Waals surface area contributed by atoms with Crippen molar-refractivity contribution in [2.75, 3.05) is 0 Å². The van der Waals surface area contributed by atoms with E-state index in [1.54, 1.807) is 0 Å². The Balaban J connectivity index is 3.60. The second kappa shape index (κ2) is 3.74. The number of hydrogen-bond acceptors (Lipinski definition) is 4. The lowest BCUT2D eigenvalue weighted by atomic mass is 10.3. The van der Waals surface area contributed by atoms with Gasteiger partial charge in [0.15, 0.2) is 5.69 Å². The maximum atomic E-state index is 12.3. The highest BCUT2D eigenvalue weighted by atomic mass is 35.5. The van der Waals surface area contributed by atoms with Gasteiger partial charge in [0.2, 0.25) is 5.69 Å². The molecule has 0 fully saturated rings. The minimum Gasteiger partial charge on any atom is -0.274 e. The molecule has 0 atom stereocenters. The molecular weight excluding hydrogens is 255 g/mol.